The summed E-state index contributed by atoms with van der Waals surface area (Å²) in [6.45, 7) is 1.80. The average Bonchev–Trinajstić information content (AvgIpc) is 2.48. The fourth-order valence-corrected chi connectivity index (χ4v) is 3.59. The van der Waals surface area contributed by atoms with Crippen molar-refractivity contribution in [2.75, 3.05) is 18.9 Å². The Kier molecular flexibility index (Phi) is 3.89. The van der Waals surface area contributed by atoms with E-state index < -0.39 is 0 Å². The lowest BCUT2D eigenvalue weighted by Crippen LogP contribution is -2.17. The second-order valence-electron chi connectivity index (χ2n) is 4.84. The zero-order valence-corrected chi connectivity index (χ0v) is 11.7. The number of thioether (sulfide) groups is 1. The Morgan fingerprint density at radius 3 is 2.95 bits per heavy atom. The molecule has 0 bridgehead atoms. The molecule has 4 heteroatoms. The maximum atomic E-state index is 6.00. The molecular weight excluding hydrogens is 256 g/mol. The third-order valence-electron chi connectivity index (χ3n) is 3.53. The standard InChI is InChI=1S/C15H18N2OS/c16-14-4-3-11(15-13(14)2-1-7-17-15)10-19-12-5-8-18-9-6-12/h1-4,7,12H,5-6,8-10,16H2. The summed E-state index contributed by atoms with van der Waals surface area (Å²) in [5, 5.41) is 1.78. The van der Waals surface area contributed by atoms with Gasteiger partial charge in [0.2, 0.25) is 0 Å². The van der Waals surface area contributed by atoms with Crippen molar-refractivity contribution in [3.8, 4) is 0 Å². The lowest BCUT2D eigenvalue weighted by molar-refractivity contribution is 0.1000. The number of anilines is 1. The fraction of sp³-hybridized carbons (Fsp3) is 0.400. The van der Waals surface area contributed by atoms with Gasteiger partial charge in [0.15, 0.2) is 0 Å². The third-order valence-corrected chi connectivity index (χ3v) is 4.95. The van der Waals surface area contributed by atoms with Gasteiger partial charge in [-0.05, 0) is 36.6 Å². The van der Waals surface area contributed by atoms with Crippen LogP contribution in [-0.4, -0.2) is 23.4 Å². The van der Waals surface area contributed by atoms with Crippen molar-refractivity contribution in [1.82, 2.24) is 4.98 Å². The van der Waals surface area contributed by atoms with Crippen LogP contribution in [0.25, 0.3) is 10.9 Å². The van der Waals surface area contributed by atoms with Gasteiger partial charge in [0.25, 0.3) is 0 Å². The Balaban J connectivity index is 1.79. The molecule has 1 aliphatic heterocycles. The van der Waals surface area contributed by atoms with Gasteiger partial charge in [-0.3, -0.25) is 4.98 Å². The zero-order chi connectivity index (χ0) is 13.1. The molecule has 1 fully saturated rings. The van der Waals surface area contributed by atoms with E-state index in [1.807, 2.05) is 36.2 Å². The zero-order valence-electron chi connectivity index (χ0n) is 10.8. The van der Waals surface area contributed by atoms with Gasteiger partial charge in [-0.1, -0.05) is 6.07 Å². The predicted octanol–water partition coefficient (Wildman–Crippen LogP) is 3.23. The number of hydrogen-bond donors (Lipinski definition) is 1. The minimum Gasteiger partial charge on any atom is -0.398 e. The Labute approximate surface area is 117 Å². The van der Waals surface area contributed by atoms with Crippen molar-refractivity contribution >= 4 is 28.4 Å². The molecule has 2 aromatic rings. The molecule has 3 rings (SSSR count). The molecule has 100 valence electrons. The van der Waals surface area contributed by atoms with Crippen LogP contribution in [0.5, 0.6) is 0 Å². The lowest BCUT2D eigenvalue weighted by atomic mass is 10.1. The smallest absolute Gasteiger partial charge is 0.0763 e. The molecule has 0 atom stereocenters. The molecule has 1 aromatic carbocycles. The molecule has 1 saturated heterocycles. The maximum Gasteiger partial charge on any atom is 0.0763 e. The molecule has 0 aliphatic carbocycles. The summed E-state index contributed by atoms with van der Waals surface area (Å²) >= 11 is 2.01. The van der Waals surface area contributed by atoms with Gasteiger partial charge in [-0.15, -0.1) is 0 Å². The van der Waals surface area contributed by atoms with Crippen LogP contribution in [0.2, 0.25) is 0 Å². The van der Waals surface area contributed by atoms with Crippen LogP contribution in [-0.2, 0) is 10.5 Å². The van der Waals surface area contributed by atoms with Crippen molar-refractivity contribution in [2.45, 2.75) is 23.8 Å². The predicted molar refractivity (Wildman–Crippen MR) is 81.3 cm³/mol. The van der Waals surface area contributed by atoms with Crippen LogP contribution in [0.4, 0.5) is 5.69 Å². The van der Waals surface area contributed by atoms with Gasteiger partial charge in [-0.25, -0.2) is 0 Å². The summed E-state index contributed by atoms with van der Waals surface area (Å²) in [4.78, 5) is 4.49. The molecule has 0 unspecified atom stereocenters. The van der Waals surface area contributed by atoms with Crippen LogP contribution in [0.3, 0.4) is 0 Å². The SMILES string of the molecule is Nc1ccc(CSC2CCOCC2)c2ncccc12. The Bertz CT molecular complexity index is 567. The van der Waals surface area contributed by atoms with E-state index in [1.165, 1.54) is 5.56 Å². The van der Waals surface area contributed by atoms with E-state index in [4.69, 9.17) is 10.5 Å². The van der Waals surface area contributed by atoms with E-state index in [9.17, 15) is 0 Å². The topological polar surface area (TPSA) is 48.1 Å². The van der Waals surface area contributed by atoms with E-state index in [2.05, 4.69) is 11.1 Å². The lowest BCUT2D eigenvalue weighted by Gasteiger charge is -2.21. The summed E-state index contributed by atoms with van der Waals surface area (Å²) in [5.74, 6) is 0.998. The van der Waals surface area contributed by atoms with Crippen LogP contribution < -0.4 is 5.73 Å². The van der Waals surface area contributed by atoms with Gasteiger partial charge in [0, 0.05) is 41.5 Å². The highest BCUT2D eigenvalue weighted by atomic mass is 32.2. The highest BCUT2D eigenvalue weighted by molar-refractivity contribution is 7.99. The molecular formula is C15H18N2OS. The summed E-state index contributed by atoms with van der Waals surface area (Å²) in [6, 6.07) is 8.08. The molecule has 1 aliphatic rings. The number of fused-ring (bicyclic) bond motifs is 1. The Hall–Kier alpha value is -1.26. The van der Waals surface area contributed by atoms with E-state index >= 15 is 0 Å². The number of nitrogens with zero attached hydrogens (tertiary/aromatic N) is 1. The first-order chi connectivity index (χ1) is 9.34. The van der Waals surface area contributed by atoms with E-state index in [-0.39, 0.29) is 0 Å². The van der Waals surface area contributed by atoms with E-state index in [1.54, 1.807) is 0 Å². The second kappa shape index (κ2) is 5.80. The largest absolute Gasteiger partial charge is 0.398 e. The number of ether oxygens (including phenoxy) is 1. The number of nitrogens with two attached hydrogens (primary N) is 1. The second-order valence-corrected chi connectivity index (χ2v) is 6.12. The summed E-state index contributed by atoms with van der Waals surface area (Å²) in [7, 11) is 0. The summed E-state index contributed by atoms with van der Waals surface area (Å²) in [5.41, 5.74) is 9.13. The average molecular weight is 274 g/mol. The first-order valence-corrected chi connectivity index (χ1v) is 7.71. The van der Waals surface area contributed by atoms with Gasteiger partial charge < -0.3 is 10.5 Å². The quantitative estimate of drug-likeness (QED) is 0.873. The molecule has 0 radical (unpaired) electrons. The molecule has 0 saturated carbocycles. The highest BCUT2D eigenvalue weighted by Gasteiger charge is 2.15. The van der Waals surface area contributed by atoms with Crippen LogP contribution >= 0.6 is 11.8 Å². The van der Waals surface area contributed by atoms with E-state index in [0.717, 1.165) is 48.4 Å². The van der Waals surface area contributed by atoms with Crippen LogP contribution in [0.1, 0.15) is 18.4 Å². The summed E-state index contributed by atoms with van der Waals surface area (Å²) in [6.07, 6.45) is 4.15. The molecule has 19 heavy (non-hydrogen) atoms. The van der Waals surface area contributed by atoms with Gasteiger partial charge in [-0.2, -0.15) is 11.8 Å². The molecule has 3 nitrogen and oxygen atoms in total. The number of benzene rings is 1. The van der Waals surface area contributed by atoms with Gasteiger partial charge >= 0.3 is 0 Å². The molecule has 2 N–H and O–H groups in total. The number of hydrogen-bond acceptors (Lipinski definition) is 4. The molecule has 2 heterocycles. The van der Waals surface area contributed by atoms with Crippen molar-refractivity contribution in [3.05, 3.63) is 36.0 Å². The Morgan fingerprint density at radius 2 is 2.11 bits per heavy atom. The van der Waals surface area contributed by atoms with Crippen LogP contribution in [0.15, 0.2) is 30.5 Å². The molecule has 1 aromatic heterocycles. The highest BCUT2D eigenvalue weighted by Crippen LogP contribution is 2.29. The fourth-order valence-electron chi connectivity index (χ4n) is 2.42. The first kappa shape index (κ1) is 12.8. The number of nitrogen functional groups attached to an aromatic ring is 1. The van der Waals surface area contributed by atoms with Gasteiger partial charge in [0.05, 0.1) is 5.52 Å². The molecule has 0 spiro atoms. The third kappa shape index (κ3) is 2.85. The first-order valence-electron chi connectivity index (χ1n) is 6.66. The molecule has 0 amide bonds. The van der Waals surface area contributed by atoms with E-state index in [0.29, 0.717) is 5.25 Å². The van der Waals surface area contributed by atoms with Crippen molar-refractivity contribution < 1.29 is 4.74 Å². The van der Waals surface area contributed by atoms with Crippen molar-refractivity contribution in [2.24, 2.45) is 0 Å². The van der Waals surface area contributed by atoms with Crippen LogP contribution in [0, 0.1) is 0 Å². The normalized spacial score (nSPS) is 16.8. The van der Waals surface area contributed by atoms with Crippen molar-refractivity contribution in [3.63, 3.8) is 0 Å². The number of aromatic nitrogens is 1. The number of rotatable bonds is 3. The minimum absolute atomic E-state index is 0.713. The Morgan fingerprint density at radius 1 is 1.26 bits per heavy atom. The van der Waals surface area contributed by atoms with Crippen molar-refractivity contribution in [1.29, 1.82) is 0 Å². The maximum absolute atomic E-state index is 6.00. The minimum atomic E-state index is 0.713. The summed E-state index contributed by atoms with van der Waals surface area (Å²) < 4.78 is 5.40. The van der Waals surface area contributed by atoms with Gasteiger partial charge in [0.1, 0.15) is 0 Å². The monoisotopic (exact) mass is 274 g/mol. The number of pyridine rings is 1.